The van der Waals surface area contributed by atoms with Crippen LogP contribution in [0.25, 0.3) is 0 Å². The SMILES string of the molecule is CNC(Cc1cccc(Cl)c1)c1snnc1C(C)(C)C. The van der Waals surface area contributed by atoms with Crippen molar-refractivity contribution in [2.45, 2.75) is 38.6 Å². The fraction of sp³-hybridized carbons (Fsp3) is 0.467. The zero-order valence-corrected chi connectivity index (χ0v) is 13.8. The quantitative estimate of drug-likeness (QED) is 0.928. The van der Waals surface area contributed by atoms with Crippen molar-refractivity contribution in [3.05, 3.63) is 45.4 Å². The van der Waals surface area contributed by atoms with Gasteiger partial charge in [0.15, 0.2) is 0 Å². The summed E-state index contributed by atoms with van der Waals surface area (Å²) in [5, 5.41) is 8.46. The minimum Gasteiger partial charge on any atom is -0.312 e. The van der Waals surface area contributed by atoms with Gasteiger partial charge < -0.3 is 5.32 Å². The fourth-order valence-electron chi connectivity index (χ4n) is 2.17. The third kappa shape index (κ3) is 3.57. The van der Waals surface area contributed by atoms with Crippen molar-refractivity contribution < 1.29 is 0 Å². The lowest BCUT2D eigenvalue weighted by Crippen LogP contribution is -2.23. The molecule has 0 saturated carbocycles. The number of nitrogens with one attached hydrogen (secondary N) is 1. The Labute approximate surface area is 129 Å². The van der Waals surface area contributed by atoms with Gasteiger partial charge in [0.2, 0.25) is 0 Å². The van der Waals surface area contributed by atoms with Gasteiger partial charge in [-0.05, 0) is 42.7 Å². The first-order valence-corrected chi connectivity index (χ1v) is 7.81. The Hall–Kier alpha value is -0.970. The monoisotopic (exact) mass is 309 g/mol. The van der Waals surface area contributed by atoms with E-state index in [0.717, 1.165) is 17.1 Å². The summed E-state index contributed by atoms with van der Waals surface area (Å²) in [6.07, 6.45) is 0.879. The molecule has 5 heteroatoms. The number of nitrogens with zero attached hydrogens (tertiary/aromatic N) is 2. The zero-order valence-electron chi connectivity index (χ0n) is 12.3. The topological polar surface area (TPSA) is 37.8 Å². The Morgan fingerprint density at radius 1 is 1.35 bits per heavy atom. The van der Waals surface area contributed by atoms with Crippen LogP contribution in [-0.2, 0) is 11.8 Å². The molecule has 108 valence electrons. The maximum absolute atomic E-state index is 6.06. The predicted molar refractivity (Wildman–Crippen MR) is 85.6 cm³/mol. The van der Waals surface area contributed by atoms with Crippen LogP contribution in [0.3, 0.4) is 0 Å². The molecule has 0 aliphatic carbocycles. The van der Waals surface area contributed by atoms with Crippen molar-refractivity contribution in [1.82, 2.24) is 14.9 Å². The molecule has 0 radical (unpaired) electrons. The van der Waals surface area contributed by atoms with Crippen LogP contribution in [0.15, 0.2) is 24.3 Å². The fourth-order valence-corrected chi connectivity index (χ4v) is 3.36. The van der Waals surface area contributed by atoms with E-state index in [1.165, 1.54) is 22.0 Å². The number of benzene rings is 1. The van der Waals surface area contributed by atoms with Gasteiger partial charge in [-0.25, -0.2) is 0 Å². The maximum Gasteiger partial charge on any atom is 0.0857 e. The Morgan fingerprint density at radius 3 is 2.70 bits per heavy atom. The normalized spacial score (nSPS) is 13.4. The zero-order chi connectivity index (χ0) is 14.8. The van der Waals surface area contributed by atoms with Gasteiger partial charge in [-0.15, -0.1) is 5.10 Å². The molecule has 0 aliphatic heterocycles. The molecule has 0 aliphatic rings. The number of aromatic nitrogens is 2. The number of halogens is 1. The van der Waals surface area contributed by atoms with E-state index in [9.17, 15) is 0 Å². The summed E-state index contributed by atoms with van der Waals surface area (Å²) < 4.78 is 4.14. The molecule has 1 N–H and O–H groups in total. The van der Waals surface area contributed by atoms with Gasteiger partial charge in [0.05, 0.1) is 10.6 Å². The minimum atomic E-state index is 0.00572. The summed E-state index contributed by atoms with van der Waals surface area (Å²) in [5.41, 5.74) is 2.29. The molecule has 1 atom stereocenters. The van der Waals surface area contributed by atoms with Gasteiger partial charge in [-0.3, -0.25) is 0 Å². The Bertz CT molecular complexity index is 574. The highest BCUT2D eigenvalue weighted by atomic mass is 35.5. The Kier molecular flexibility index (Phi) is 4.78. The van der Waals surface area contributed by atoms with Crippen LogP contribution in [0.2, 0.25) is 5.02 Å². The van der Waals surface area contributed by atoms with Gasteiger partial charge in [0, 0.05) is 16.5 Å². The highest BCUT2D eigenvalue weighted by Crippen LogP contribution is 2.32. The van der Waals surface area contributed by atoms with Crippen molar-refractivity contribution >= 4 is 23.1 Å². The first-order valence-electron chi connectivity index (χ1n) is 6.66. The maximum atomic E-state index is 6.06. The van der Waals surface area contributed by atoms with Crippen molar-refractivity contribution in [3.63, 3.8) is 0 Å². The van der Waals surface area contributed by atoms with Crippen molar-refractivity contribution in [1.29, 1.82) is 0 Å². The third-order valence-corrected chi connectivity index (χ3v) is 4.29. The van der Waals surface area contributed by atoms with Gasteiger partial charge >= 0.3 is 0 Å². The molecule has 1 aromatic carbocycles. The average molecular weight is 310 g/mol. The number of hydrogen-bond acceptors (Lipinski definition) is 4. The van der Waals surface area contributed by atoms with E-state index in [2.05, 4.69) is 41.7 Å². The first-order chi connectivity index (χ1) is 9.41. The molecular formula is C15H20ClN3S. The predicted octanol–water partition coefficient (Wildman–Crippen LogP) is 3.99. The van der Waals surface area contributed by atoms with Crippen LogP contribution in [0.1, 0.15) is 42.9 Å². The number of hydrogen-bond donors (Lipinski definition) is 1. The van der Waals surface area contributed by atoms with Crippen LogP contribution >= 0.6 is 23.1 Å². The molecule has 1 unspecified atom stereocenters. The lowest BCUT2D eigenvalue weighted by molar-refractivity contribution is 0.530. The molecule has 0 amide bonds. The Balaban J connectivity index is 2.27. The van der Waals surface area contributed by atoms with Crippen LogP contribution in [0.4, 0.5) is 0 Å². The molecule has 0 spiro atoms. The summed E-state index contributed by atoms with van der Waals surface area (Å²) in [4.78, 5) is 1.21. The molecule has 0 bridgehead atoms. The molecule has 1 heterocycles. The van der Waals surface area contributed by atoms with Crippen LogP contribution in [-0.4, -0.2) is 16.6 Å². The lowest BCUT2D eigenvalue weighted by Gasteiger charge is -2.21. The van der Waals surface area contributed by atoms with Gasteiger partial charge in [-0.2, -0.15) is 0 Å². The van der Waals surface area contributed by atoms with Crippen molar-refractivity contribution in [2.24, 2.45) is 0 Å². The van der Waals surface area contributed by atoms with Crippen molar-refractivity contribution in [3.8, 4) is 0 Å². The number of rotatable bonds is 4. The molecular weight excluding hydrogens is 290 g/mol. The summed E-state index contributed by atoms with van der Waals surface area (Å²) in [7, 11) is 1.97. The second-order valence-corrected chi connectivity index (χ2v) is 7.13. The van der Waals surface area contributed by atoms with Crippen LogP contribution in [0, 0.1) is 0 Å². The van der Waals surface area contributed by atoms with E-state index >= 15 is 0 Å². The van der Waals surface area contributed by atoms with Crippen molar-refractivity contribution in [2.75, 3.05) is 7.05 Å². The van der Waals surface area contributed by atoms with E-state index < -0.39 is 0 Å². The molecule has 20 heavy (non-hydrogen) atoms. The Morgan fingerprint density at radius 2 is 2.10 bits per heavy atom. The lowest BCUT2D eigenvalue weighted by atomic mass is 9.89. The smallest absolute Gasteiger partial charge is 0.0857 e. The van der Waals surface area contributed by atoms with E-state index in [0.29, 0.717) is 0 Å². The first kappa shape index (κ1) is 15.4. The highest BCUT2D eigenvalue weighted by molar-refractivity contribution is 7.05. The molecule has 0 fully saturated rings. The molecule has 2 rings (SSSR count). The van der Waals surface area contributed by atoms with Gasteiger partial charge in [0.1, 0.15) is 0 Å². The van der Waals surface area contributed by atoms with Crippen LogP contribution < -0.4 is 5.32 Å². The molecule has 0 saturated heterocycles. The number of likely N-dealkylation sites (N-methyl/N-ethyl adjacent to an activating group) is 1. The standard InChI is InChI=1S/C15H20ClN3S/c1-15(2,3)14-13(20-19-18-14)12(17-4)9-10-6-5-7-11(16)8-10/h5-8,12,17H,9H2,1-4H3. The van der Waals surface area contributed by atoms with Gasteiger partial charge in [-0.1, -0.05) is 49.0 Å². The summed E-state index contributed by atoms with van der Waals surface area (Å²) in [6, 6.07) is 8.20. The third-order valence-electron chi connectivity index (χ3n) is 3.22. The summed E-state index contributed by atoms with van der Waals surface area (Å²) >= 11 is 7.53. The minimum absolute atomic E-state index is 0.00572. The molecule has 1 aromatic heterocycles. The average Bonchev–Trinajstić information content (AvgIpc) is 2.85. The summed E-state index contributed by atoms with van der Waals surface area (Å²) in [6.45, 7) is 6.50. The molecule has 2 aromatic rings. The second-order valence-electron chi connectivity index (χ2n) is 5.91. The molecule has 3 nitrogen and oxygen atoms in total. The van der Waals surface area contributed by atoms with Crippen LogP contribution in [0.5, 0.6) is 0 Å². The largest absolute Gasteiger partial charge is 0.312 e. The second kappa shape index (κ2) is 6.20. The van der Waals surface area contributed by atoms with E-state index in [4.69, 9.17) is 11.6 Å². The van der Waals surface area contributed by atoms with E-state index in [-0.39, 0.29) is 11.5 Å². The van der Waals surface area contributed by atoms with E-state index in [1.807, 2.05) is 25.2 Å². The highest BCUT2D eigenvalue weighted by Gasteiger charge is 2.26. The van der Waals surface area contributed by atoms with E-state index in [1.54, 1.807) is 0 Å². The van der Waals surface area contributed by atoms with Gasteiger partial charge in [0.25, 0.3) is 0 Å². The summed E-state index contributed by atoms with van der Waals surface area (Å²) in [5.74, 6) is 0.